The zero-order valence-corrected chi connectivity index (χ0v) is 15.7. The number of urea groups is 1. The topological polar surface area (TPSA) is 70.2 Å². The Kier molecular flexibility index (Phi) is 6.10. The highest BCUT2D eigenvalue weighted by Gasteiger charge is 2.41. The molecule has 2 aromatic rings. The summed E-state index contributed by atoms with van der Waals surface area (Å²) in [6.45, 7) is 0. The average Bonchev–Trinajstić information content (AvgIpc) is 2.69. The van der Waals surface area contributed by atoms with E-state index in [-0.39, 0.29) is 5.69 Å². The Hall–Kier alpha value is -3.03. The van der Waals surface area contributed by atoms with Gasteiger partial charge >= 0.3 is 12.2 Å². The quantitative estimate of drug-likeness (QED) is 0.657. The number of anilines is 2. The minimum Gasteiger partial charge on any atom is -0.324 e. The van der Waals surface area contributed by atoms with Gasteiger partial charge < -0.3 is 16.0 Å². The van der Waals surface area contributed by atoms with E-state index in [0.717, 1.165) is 31.4 Å². The molecule has 0 radical (unpaired) electrons. The summed E-state index contributed by atoms with van der Waals surface area (Å²) in [5.74, 6) is -0.430. The summed E-state index contributed by atoms with van der Waals surface area (Å²) in [5, 5.41) is 8.15. The second-order valence-corrected chi connectivity index (χ2v) is 7.12. The number of halogens is 3. The normalized spacial score (nSPS) is 16.0. The van der Waals surface area contributed by atoms with Crippen molar-refractivity contribution in [2.75, 3.05) is 10.6 Å². The van der Waals surface area contributed by atoms with Crippen molar-refractivity contribution in [1.29, 1.82) is 0 Å². The summed E-state index contributed by atoms with van der Waals surface area (Å²) >= 11 is 0. The van der Waals surface area contributed by atoms with Gasteiger partial charge in [0, 0.05) is 11.4 Å². The molecule has 3 amide bonds. The first kappa shape index (κ1) is 20.7. The number of hydrogen-bond acceptors (Lipinski definition) is 2. The van der Waals surface area contributed by atoms with Crippen LogP contribution in [0.3, 0.4) is 0 Å². The summed E-state index contributed by atoms with van der Waals surface area (Å²) < 4.78 is 38.1. The van der Waals surface area contributed by atoms with Gasteiger partial charge in [0.15, 0.2) is 0 Å². The van der Waals surface area contributed by atoms with E-state index in [1.807, 2.05) is 6.07 Å². The lowest BCUT2D eigenvalue weighted by Crippen LogP contribution is -2.58. The van der Waals surface area contributed by atoms with Crippen LogP contribution in [0.4, 0.5) is 29.3 Å². The third kappa shape index (κ3) is 5.28. The highest BCUT2D eigenvalue weighted by atomic mass is 19.4. The van der Waals surface area contributed by atoms with Crippen molar-refractivity contribution < 1.29 is 22.8 Å². The monoisotopic (exact) mass is 405 g/mol. The second kappa shape index (κ2) is 8.55. The van der Waals surface area contributed by atoms with E-state index < -0.39 is 29.2 Å². The van der Waals surface area contributed by atoms with Crippen LogP contribution in [0.5, 0.6) is 0 Å². The Labute approximate surface area is 166 Å². The molecule has 5 nitrogen and oxygen atoms in total. The number of alkyl halides is 3. The summed E-state index contributed by atoms with van der Waals surface area (Å²) in [4.78, 5) is 25.5. The third-order valence-electron chi connectivity index (χ3n) is 5.00. The Morgan fingerprint density at radius 1 is 0.793 bits per heavy atom. The molecule has 154 valence electrons. The van der Waals surface area contributed by atoms with E-state index in [4.69, 9.17) is 0 Å². The van der Waals surface area contributed by atoms with Crippen molar-refractivity contribution in [3.8, 4) is 0 Å². The number of hydrogen-bond donors (Lipinski definition) is 3. The van der Waals surface area contributed by atoms with E-state index in [9.17, 15) is 22.8 Å². The zero-order chi connectivity index (χ0) is 20.9. The molecule has 0 saturated heterocycles. The molecule has 29 heavy (non-hydrogen) atoms. The van der Waals surface area contributed by atoms with Gasteiger partial charge in [-0.15, -0.1) is 0 Å². The van der Waals surface area contributed by atoms with E-state index in [0.29, 0.717) is 18.5 Å². The van der Waals surface area contributed by atoms with Crippen LogP contribution in [0, 0.1) is 0 Å². The molecule has 1 aliphatic rings. The van der Waals surface area contributed by atoms with Crippen molar-refractivity contribution in [2.24, 2.45) is 0 Å². The fourth-order valence-corrected chi connectivity index (χ4v) is 3.46. The summed E-state index contributed by atoms with van der Waals surface area (Å²) in [5.41, 5.74) is -1.06. The van der Waals surface area contributed by atoms with Crippen LogP contribution in [0.25, 0.3) is 0 Å². The predicted octanol–water partition coefficient (Wildman–Crippen LogP) is 5.17. The molecular formula is C21H22F3N3O2. The Morgan fingerprint density at radius 3 is 1.97 bits per heavy atom. The highest BCUT2D eigenvalue weighted by molar-refractivity contribution is 6.02. The van der Waals surface area contributed by atoms with Gasteiger partial charge in [0.2, 0.25) is 5.91 Å². The van der Waals surface area contributed by atoms with Gasteiger partial charge in [-0.3, -0.25) is 4.79 Å². The molecule has 3 N–H and O–H groups in total. The van der Waals surface area contributed by atoms with Gasteiger partial charge in [-0.25, -0.2) is 4.79 Å². The van der Waals surface area contributed by atoms with Crippen LogP contribution in [-0.2, 0) is 11.0 Å². The number of carbonyl (C=O) groups excluding carboxylic acids is 2. The van der Waals surface area contributed by atoms with Crippen LogP contribution in [-0.4, -0.2) is 17.5 Å². The molecule has 8 heteroatoms. The standard InChI is InChI=1S/C21H22F3N3O2/c22-21(23,24)15-9-11-17(12-10-15)25-18(28)20(13-5-2-6-14-20)27-19(29)26-16-7-3-1-4-8-16/h1,3-4,7-12H,2,5-6,13-14H2,(H,25,28)(H2,26,27,29). The minimum absolute atomic E-state index is 0.248. The molecule has 2 aromatic carbocycles. The van der Waals surface area contributed by atoms with Crippen LogP contribution in [0.15, 0.2) is 54.6 Å². The molecular weight excluding hydrogens is 383 g/mol. The fourth-order valence-electron chi connectivity index (χ4n) is 3.46. The number of benzene rings is 2. The van der Waals surface area contributed by atoms with Gasteiger partial charge in [-0.05, 0) is 49.2 Å². The van der Waals surface area contributed by atoms with Crippen molar-refractivity contribution in [3.05, 3.63) is 60.2 Å². The molecule has 0 unspecified atom stereocenters. The lowest BCUT2D eigenvalue weighted by molar-refractivity contribution is -0.137. The summed E-state index contributed by atoms with van der Waals surface area (Å²) in [7, 11) is 0. The van der Waals surface area contributed by atoms with Gasteiger partial charge in [0.25, 0.3) is 0 Å². The van der Waals surface area contributed by atoms with Crippen molar-refractivity contribution in [3.63, 3.8) is 0 Å². The van der Waals surface area contributed by atoms with E-state index in [2.05, 4.69) is 16.0 Å². The first-order chi connectivity index (χ1) is 13.8. The molecule has 0 aromatic heterocycles. The lowest BCUT2D eigenvalue weighted by Gasteiger charge is -2.36. The largest absolute Gasteiger partial charge is 0.416 e. The molecule has 3 rings (SSSR count). The van der Waals surface area contributed by atoms with Gasteiger partial charge in [-0.2, -0.15) is 13.2 Å². The molecule has 0 atom stereocenters. The maximum absolute atomic E-state index is 13.0. The predicted molar refractivity (Wildman–Crippen MR) is 104 cm³/mol. The van der Waals surface area contributed by atoms with Gasteiger partial charge in [-0.1, -0.05) is 37.5 Å². The minimum atomic E-state index is -4.44. The zero-order valence-electron chi connectivity index (χ0n) is 15.7. The summed E-state index contributed by atoms with van der Waals surface area (Å²) in [6.07, 6.45) is -1.02. The number of amides is 3. The molecule has 1 fully saturated rings. The first-order valence-corrected chi connectivity index (χ1v) is 9.41. The second-order valence-electron chi connectivity index (χ2n) is 7.12. The van der Waals surface area contributed by atoms with Crippen molar-refractivity contribution in [1.82, 2.24) is 5.32 Å². The Bertz CT molecular complexity index is 846. The molecule has 1 aliphatic carbocycles. The SMILES string of the molecule is O=C(Nc1ccccc1)NC1(C(=O)Nc2ccc(C(F)(F)F)cc2)CCCCC1. The van der Waals surface area contributed by atoms with Crippen LogP contribution in [0.1, 0.15) is 37.7 Å². The van der Waals surface area contributed by atoms with Gasteiger partial charge in [0.1, 0.15) is 5.54 Å². The molecule has 0 bridgehead atoms. The number of nitrogens with one attached hydrogen (secondary N) is 3. The van der Waals surface area contributed by atoms with Crippen LogP contribution < -0.4 is 16.0 Å². The lowest BCUT2D eigenvalue weighted by atomic mass is 9.81. The van der Waals surface area contributed by atoms with E-state index in [1.165, 1.54) is 12.1 Å². The average molecular weight is 405 g/mol. The maximum Gasteiger partial charge on any atom is 0.416 e. The van der Waals surface area contributed by atoms with Crippen LogP contribution >= 0.6 is 0 Å². The summed E-state index contributed by atoms with van der Waals surface area (Å²) in [6, 6.07) is 12.6. The number of carbonyl (C=O) groups is 2. The maximum atomic E-state index is 13.0. The molecule has 1 saturated carbocycles. The molecule has 0 heterocycles. The first-order valence-electron chi connectivity index (χ1n) is 9.41. The Morgan fingerprint density at radius 2 is 1.38 bits per heavy atom. The number of para-hydroxylation sites is 1. The number of rotatable bonds is 4. The van der Waals surface area contributed by atoms with Crippen molar-refractivity contribution >= 4 is 23.3 Å². The molecule has 0 spiro atoms. The molecule has 0 aliphatic heterocycles. The van der Waals surface area contributed by atoms with Crippen LogP contribution in [0.2, 0.25) is 0 Å². The highest BCUT2D eigenvalue weighted by Crippen LogP contribution is 2.32. The van der Waals surface area contributed by atoms with Gasteiger partial charge in [0.05, 0.1) is 5.56 Å². The smallest absolute Gasteiger partial charge is 0.324 e. The van der Waals surface area contributed by atoms with E-state index >= 15 is 0 Å². The van der Waals surface area contributed by atoms with E-state index in [1.54, 1.807) is 24.3 Å². The fraction of sp³-hybridized carbons (Fsp3) is 0.333. The Balaban J connectivity index is 1.71. The third-order valence-corrected chi connectivity index (χ3v) is 5.00. The van der Waals surface area contributed by atoms with Crippen molar-refractivity contribution in [2.45, 2.75) is 43.8 Å².